The lowest BCUT2D eigenvalue weighted by Crippen LogP contribution is -2.62. The Morgan fingerprint density at radius 1 is 1.17 bits per heavy atom. The van der Waals surface area contributed by atoms with Gasteiger partial charge in [-0.15, -0.1) is 0 Å². The van der Waals surface area contributed by atoms with Gasteiger partial charge < -0.3 is 14.6 Å². The van der Waals surface area contributed by atoms with Gasteiger partial charge in [0.05, 0.1) is 23.0 Å². The second kappa shape index (κ2) is 10.2. The number of hydrogen-bond donors (Lipinski definition) is 1. The number of nitrogens with zero attached hydrogens (tertiary/aromatic N) is 4. The first-order valence-electron chi connectivity index (χ1n) is 13.3. The number of pyridine rings is 1. The van der Waals surface area contributed by atoms with Gasteiger partial charge in [0.2, 0.25) is 5.91 Å². The van der Waals surface area contributed by atoms with Gasteiger partial charge in [-0.3, -0.25) is 9.59 Å². The normalized spacial score (nSPS) is 24.9. The van der Waals surface area contributed by atoms with E-state index in [4.69, 9.17) is 0 Å². The number of fused-ring (bicyclic) bond motifs is 1. The molecule has 2 aromatic rings. The minimum Gasteiger partial charge on any atom is -0.387 e. The van der Waals surface area contributed by atoms with E-state index in [9.17, 15) is 14.7 Å². The first-order chi connectivity index (χ1) is 16.9. The molecule has 1 amide bonds. The number of hydrogen-bond acceptors (Lipinski definition) is 6. The Morgan fingerprint density at radius 3 is 2.69 bits per heavy atom. The molecule has 8 heteroatoms. The highest BCUT2D eigenvalue weighted by atomic mass is 32.2. The fraction of sp³-hybridized carbons (Fsp3) is 0.704. The van der Waals surface area contributed by atoms with Gasteiger partial charge in [-0.1, -0.05) is 56.7 Å². The van der Waals surface area contributed by atoms with Gasteiger partial charge in [0, 0.05) is 37.3 Å². The predicted octanol–water partition coefficient (Wildman–Crippen LogP) is 4.40. The van der Waals surface area contributed by atoms with Crippen LogP contribution in [0, 0.1) is 11.3 Å². The van der Waals surface area contributed by atoms with Crippen LogP contribution in [0.2, 0.25) is 0 Å². The van der Waals surface area contributed by atoms with E-state index < -0.39 is 5.60 Å². The SMILES string of the molecule is CSc1ncc2c(=O)n(CC3(O)CCN(C(=O)CCC4CCCCC4)CC34CCCC4)ccc2n1. The lowest BCUT2D eigenvalue weighted by molar-refractivity contribution is -0.160. The van der Waals surface area contributed by atoms with Crippen LogP contribution in [0.5, 0.6) is 0 Å². The summed E-state index contributed by atoms with van der Waals surface area (Å²) in [7, 11) is 0. The summed E-state index contributed by atoms with van der Waals surface area (Å²) in [4.78, 5) is 37.2. The third-order valence-corrected chi connectivity index (χ3v) is 9.56. The molecule has 2 saturated carbocycles. The van der Waals surface area contributed by atoms with Crippen LogP contribution in [0.3, 0.4) is 0 Å². The van der Waals surface area contributed by atoms with E-state index in [1.54, 1.807) is 17.0 Å². The van der Waals surface area contributed by atoms with Crippen molar-refractivity contribution < 1.29 is 9.90 Å². The summed E-state index contributed by atoms with van der Waals surface area (Å²) in [6, 6.07) is 1.84. The molecule has 1 aliphatic heterocycles. The average Bonchev–Trinajstić information content (AvgIpc) is 3.36. The van der Waals surface area contributed by atoms with Crippen LogP contribution in [0.4, 0.5) is 0 Å². The minimum absolute atomic E-state index is 0.164. The summed E-state index contributed by atoms with van der Waals surface area (Å²) in [5.41, 5.74) is -0.894. The van der Waals surface area contributed by atoms with Crippen molar-refractivity contribution in [1.82, 2.24) is 19.4 Å². The molecule has 35 heavy (non-hydrogen) atoms. The lowest BCUT2D eigenvalue weighted by Gasteiger charge is -2.52. The van der Waals surface area contributed by atoms with Crippen molar-refractivity contribution in [2.75, 3.05) is 19.3 Å². The zero-order valence-corrected chi connectivity index (χ0v) is 21.7. The largest absolute Gasteiger partial charge is 0.387 e. The van der Waals surface area contributed by atoms with Gasteiger partial charge in [0.25, 0.3) is 5.56 Å². The molecule has 0 aromatic carbocycles. The summed E-state index contributed by atoms with van der Waals surface area (Å²) in [5.74, 6) is 0.944. The second-order valence-corrected chi connectivity index (χ2v) is 11.8. The smallest absolute Gasteiger partial charge is 0.261 e. The molecule has 190 valence electrons. The molecule has 5 rings (SSSR count). The summed E-state index contributed by atoms with van der Waals surface area (Å²) in [6.07, 6.45) is 17.8. The first kappa shape index (κ1) is 24.8. The fourth-order valence-electron chi connectivity index (χ4n) is 6.83. The average molecular weight is 499 g/mol. The number of aliphatic hydroxyl groups is 1. The molecule has 2 aromatic heterocycles. The van der Waals surface area contributed by atoms with E-state index in [-0.39, 0.29) is 23.4 Å². The van der Waals surface area contributed by atoms with Crippen molar-refractivity contribution in [3.63, 3.8) is 0 Å². The van der Waals surface area contributed by atoms with Crippen LogP contribution in [0.25, 0.3) is 10.9 Å². The van der Waals surface area contributed by atoms with E-state index in [0.29, 0.717) is 47.9 Å². The molecule has 3 heterocycles. The van der Waals surface area contributed by atoms with Gasteiger partial charge in [-0.05, 0) is 43.9 Å². The molecule has 1 saturated heterocycles. The zero-order chi connectivity index (χ0) is 24.5. The maximum atomic E-state index is 13.3. The number of thioether (sulfide) groups is 1. The highest BCUT2D eigenvalue weighted by Crippen LogP contribution is 2.51. The van der Waals surface area contributed by atoms with Crippen LogP contribution in [-0.2, 0) is 11.3 Å². The number of carbonyl (C=O) groups excluding carboxylic acids is 1. The summed E-state index contributed by atoms with van der Waals surface area (Å²) < 4.78 is 1.63. The maximum Gasteiger partial charge on any atom is 0.261 e. The quantitative estimate of drug-likeness (QED) is 0.469. The van der Waals surface area contributed by atoms with Gasteiger partial charge in [0.15, 0.2) is 5.16 Å². The van der Waals surface area contributed by atoms with Crippen LogP contribution in [0.15, 0.2) is 28.4 Å². The molecule has 3 fully saturated rings. The molecule has 2 aliphatic carbocycles. The lowest BCUT2D eigenvalue weighted by atomic mass is 9.65. The van der Waals surface area contributed by atoms with Gasteiger partial charge in [-0.25, -0.2) is 9.97 Å². The van der Waals surface area contributed by atoms with E-state index in [1.807, 2.05) is 17.2 Å². The van der Waals surface area contributed by atoms with Crippen molar-refractivity contribution in [1.29, 1.82) is 0 Å². The Bertz CT molecular complexity index is 1120. The predicted molar refractivity (Wildman–Crippen MR) is 138 cm³/mol. The highest BCUT2D eigenvalue weighted by molar-refractivity contribution is 7.98. The summed E-state index contributed by atoms with van der Waals surface area (Å²) in [5, 5.41) is 13.2. The number of rotatable bonds is 6. The van der Waals surface area contributed by atoms with Crippen molar-refractivity contribution >= 4 is 28.6 Å². The van der Waals surface area contributed by atoms with Crippen LogP contribution >= 0.6 is 11.8 Å². The first-order valence-corrected chi connectivity index (χ1v) is 14.6. The van der Waals surface area contributed by atoms with E-state index in [0.717, 1.165) is 32.1 Å². The Hall–Kier alpha value is -1.93. The molecular formula is C27H38N4O3S. The third kappa shape index (κ3) is 4.88. The minimum atomic E-state index is -1.01. The fourth-order valence-corrected chi connectivity index (χ4v) is 7.18. The van der Waals surface area contributed by atoms with Crippen LogP contribution in [-0.4, -0.2) is 55.4 Å². The van der Waals surface area contributed by atoms with Crippen molar-refractivity contribution in [2.24, 2.45) is 11.3 Å². The Labute approximate surface area is 211 Å². The van der Waals surface area contributed by atoms with Gasteiger partial charge in [0.1, 0.15) is 0 Å². The molecule has 0 bridgehead atoms. The van der Waals surface area contributed by atoms with E-state index in [2.05, 4.69) is 9.97 Å². The zero-order valence-electron chi connectivity index (χ0n) is 20.9. The molecule has 3 aliphatic rings. The monoisotopic (exact) mass is 498 g/mol. The molecule has 1 N–H and O–H groups in total. The summed E-state index contributed by atoms with van der Waals surface area (Å²) in [6.45, 7) is 1.41. The molecule has 1 atom stereocenters. The number of piperidine rings is 1. The maximum absolute atomic E-state index is 13.3. The van der Waals surface area contributed by atoms with Gasteiger partial charge >= 0.3 is 0 Å². The summed E-state index contributed by atoms with van der Waals surface area (Å²) >= 11 is 1.44. The molecule has 0 radical (unpaired) electrons. The number of aromatic nitrogens is 3. The number of amides is 1. The Kier molecular flexibility index (Phi) is 7.22. The molecule has 1 unspecified atom stereocenters. The Morgan fingerprint density at radius 2 is 1.94 bits per heavy atom. The van der Waals surface area contributed by atoms with Gasteiger partial charge in [-0.2, -0.15) is 0 Å². The van der Waals surface area contributed by atoms with Crippen LogP contribution < -0.4 is 5.56 Å². The van der Waals surface area contributed by atoms with Crippen LogP contribution in [0.1, 0.15) is 77.0 Å². The topological polar surface area (TPSA) is 88.3 Å². The highest BCUT2D eigenvalue weighted by Gasteiger charge is 2.55. The second-order valence-electron chi connectivity index (χ2n) is 11.0. The van der Waals surface area contributed by atoms with E-state index in [1.165, 1.54) is 43.9 Å². The standard InChI is InChI=1S/C27H38N4O3S/c1-35-25-28-17-21-22(29-25)11-15-31(24(21)33)19-27(34)14-16-30(18-26(27)12-5-6-13-26)23(32)10-9-20-7-3-2-4-8-20/h11,15,17,20,34H,2-10,12-14,16,18-19H2,1H3. The number of likely N-dealkylation sites (tertiary alicyclic amines) is 1. The third-order valence-electron chi connectivity index (χ3n) is 8.99. The molecular weight excluding hydrogens is 460 g/mol. The molecule has 1 spiro atoms. The Balaban J connectivity index is 1.33. The van der Waals surface area contributed by atoms with Crippen molar-refractivity contribution in [3.05, 3.63) is 28.8 Å². The molecule has 7 nitrogen and oxygen atoms in total. The van der Waals surface area contributed by atoms with Crippen molar-refractivity contribution in [3.8, 4) is 0 Å². The van der Waals surface area contributed by atoms with Crippen molar-refractivity contribution in [2.45, 2.75) is 94.4 Å². The van der Waals surface area contributed by atoms with E-state index >= 15 is 0 Å². The number of carbonyl (C=O) groups is 1.